The van der Waals surface area contributed by atoms with Crippen LogP contribution >= 0.6 is 0 Å². The highest BCUT2D eigenvalue weighted by Gasteiger charge is 2.04. The van der Waals surface area contributed by atoms with Crippen molar-refractivity contribution in [3.8, 4) is 0 Å². The summed E-state index contributed by atoms with van der Waals surface area (Å²) in [4.78, 5) is 20.2. The quantitative estimate of drug-likeness (QED) is 0.598. The van der Waals surface area contributed by atoms with Gasteiger partial charge in [-0.2, -0.15) is 0 Å². The van der Waals surface area contributed by atoms with Gasteiger partial charge in [-0.3, -0.25) is 4.79 Å². The molecule has 0 aliphatic rings. The first kappa shape index (κ1) is 15.9. The Hall–Kier alpha value is -2.43. The zero-order chi connectivity index (χ0) is 15.9. The van der Waals surface area contributed by atoms with E-state index >= 15 is 0 Å². The van der Waals surface area contributed by atoms with Crippen molar-refractivity contribution < 1.29 is 4.79 Å². The number of nitrogens with one attached hydrogen (secondary N) is 2. The first-order chi connectivity index (χ1) is 10.6. The maximum Gasteiger partial charge on any atom is 0.159 e. The van der Waals surface area contributed by atoms with Crippen LogP contribution in [0.3, 0.4) is 0 Å². The highest BCUT2D eigenvalue weighted by Crippen LogP contribution is 2.19. The number of carbonyl (C=O) groups is 1. The number of aryl methyl sites for hydroxylation is 1. The van der Waals surface area contributed by atoms with Crippen LogP contribution in [0.2, 0.25) is 0 Å². The molecular formula is C17H22N4O. The van der Waals surface area contributed by atoms with E-state index in [4.69, 9.17) is 0 Å². The molecule has 0 radical (unpaired) electrons. The Morgan fingerprint density at radius 1 is 1.18 bits per heavy atom. The number of benzene rings is 1. The van der Waals surface area contributed by atoms with Crippen LogP contribution in [0.5, 0.6) is 0 Å². The van der Waals surface area contributed by atoms with Gasteiger partial charge in [0.2, 0.25) is 0 Å². The third kappa shape index (κ3) is 4.55. The third-order valence-electron chi connectivity index (χ3n) is 3.22. The number of hydrogen-bond acceptors (Lipinski definition) is 5. The molecule has 0 saturated carbocycles. The summed E-state index contributed by atoms with van der Waals surface area (Å²) >= 11 is 0. The molecule has 0 aliphatic carbocycles. The van der Waals surface area contributed by atoms with Crippen molar-refractivity contribution in [3.05, 3.63) is 41.7 Å². The number of unbranched alkanes of at least 4 members (excludes halogenated alkanes) is 1. The van der Waals surface area contributed by atoms with E-state index in [1.165, 1.54) is 0 Å². The Labute approximate surface area is 131 Å². The number of rotatable bonds is 7. The Kier molecular flexibility index (Phi) is 5.47. The van der Waals surface area contributed by atoms with Crippen molar-refractivity contribution in [1.29, 1.82) is 0 Å². The van der Waals surface area contributed by atoms with E-state index in [-0.39, 0.29) is 5.78 Å². The molecule has 5 nitrogen and oxygen atoms in total. The fraction of sp³-hybridized carbons (Fsp3) is 0.353. The minimum atomic E-state index is 0.0458. The third-order valence-corrected chi connectivity index (χ3v) is 3.22. The topological polar surface area (TPSA) is 66.9 Å². The summed E-state index contributed by atoms with van der Waals surface area (Å²) < 4.78 is 0. The van der Waals surface area contributed by atoms with Crippen molar-refractivity contribution in [2.75, 3.05) is 17.2 Å². The first-order valence-electron chi connectivity index (χ1n) is 7.56. The fourth-order valence-electron chi connectivity index (χ4n) is 2.08. The van der Waals surface area contributed by atoms with Crippen molar-refractivity contribution in [2.24, 2.45) is 0 Å². The van der Waals surface area contributed by atoms with Crippen LogP contribution in [0.4, 0.5) is 17.3 Å². The van der Waals surface area contributed by atoms with Crippen molar-refractivity contribution in [3.63, 3.8) is 0 Å². The number of hydrogen-bond donors (Lipinski definition) is 2. The van der Waals surface area contributed by atoms with E-state index in [9.17, 15) is 4.79 Å². The molecule has 0 atom stereocenters. The van der Waals surface area contributed by atoms with E-state index < -0.39 is 0 Å². The molecule has 2 aromatic rings. The van der Waals surface area contributed by atoms with Gasteiger partial charge < -0.3 is 10.6 Å². The predicted molar refractivity (Wildman–Crippen MR) is 89.9 cm³/mol. The smallest absolute Gasteiger partial charge is 0.159 e. The Bertz CT molecular complexity index is 655. The molecule has 0 spiro atoms. The van der Waals surface area contributed by atoms with E-state index in [1.54, 1.807) is 13.0 Å². The molecule has 2 rings (SSSR count). The summed E-state index contributed by atoms with van der Waals surface area (Å²) in [6.45, 7) is 6.47. The standard InChI is InChI=1S/C17H22N4O/c1-4-5-9-18-16-11-17(20-13(3)19-16)21-15-8-6-7-14(10-15)12(2)22/h6-8,10-11H,4-5,9H2,1-3H3,(H2,18,19,20,21). The molecule has 0 amide bonds. The summed E-state index contributed by atoms with van der Waals surface area (Å²) in [7, 11) is 0. The Morgan fingerprint density at radius 3 is 2.68 bits per heavy atom. The van der Waals surface area contributed by atoms with Gasteiger partial charge in [-0.1, -0.05) is 25.5 Å². The van der Waals surface area contributed by atoms with Gasteiger partial charge in [-0.05, 0) is 32.4 Å². The number of ketones is 1. The number of nitrogens with zero attached hydrogens (tertiary/aromatic N) is 2. The summed E-state index contributed by atoms with van der Waals surface area (Å²) in [5.41, 5.74) is 1.52. The highest BCUT2D eigenvalue weighted by atomic mass is 16.1. The molecular weight excluding hydrogens is 276 g/mol. The molecule has 2 N–H and O–H groups in total. The number of Topliss-reactive ketones (excluding diaryl/α,β-unsaturated/α-hetero) is 1. The molecule has 1 aromatic heterocycles. The lowest BCUT2D eigenvalue weighted by atomic mass is 10.1. The normalized spacial score (nSPS) is 10.3. The minimum Gasteiger partial charge on any atom is -0.370 e. The molecule has 1 heterocycles. The summed E-state index contributed by atoms with van der Waals surface area (Å²) in [5, 5.41) is 6.52. The molecule has 0 aliphatic heterocycles. The average molecular weight is 298 g/mol. The number of carbonyl (C=O) groups excluding carboxylic acids is 1. The lowest BCUT2D eigenvalue weighted by molar-refractivity contribution is 0.101. The number of aromatic nitrogens is 2. The van der Waals surface area contributed by atoms with Crippen LogP contribution < -0.4 is 10.6 Å². The second-order valence-electron chi connectivity index (χ2n) is 5.23. The second kappa shape index (κ2) is 7.54. The Morgan fingerprint density at radius 2 is 1.95 bits per heavy atom. The van der Waals surface area contributed by atoms with Gasteiger partial charge in [0.25, 0.3) is 0 Å². The maximum atomic E-state index is 11.4. The van der Waals surface area contributed by atoms with Crippen LogP contribution in [0.25, 0.3) is 0 Å². The van der Waals surface area contributed by atoms with E-state index in [0.29, 0.717) is 17.2 Å². The second-order valence-corrected chi connectivity index (χ2v) is 5.23. The molecule has 0 bridgehead atoms. The van der Waals surface area contributed by atoms with Gasteiger partial charge in [0.05, 0.1) is 0 Å². The molecule has 0 unspecified atom stereocenters. The van der Waals surface area contributed by atoms with E-state index in [2.05, 4.69) is 27.5 Å². The van der Waals surface area contributed by atoms with Gasteiger partial charge >= 0.3 is 0 Å². The molecule has 0 fully saturated rings. The van der Waals surface area contributed by atoms with Crippen LogP contribution in [-0.2, 0) is 0 Å². The van der Waals surface area contributed by atoms with Gasteiger partial charge in [-0.15, -0.1) is 0 Å². The van der Waals surface area contributed by atoms with Crippen LogP contribution in [0, 0.1) is 6.92 Å². The van der Waals surface area contributed by atoms with Gasteiger partial charge in [0.1, 0.15) is 17.5 Å². The summed E-state index contributed by atoms with van der Waals surface area (Å²) in [6.07, 6.45) is 2.24. The molecule has 0 saturated heterocycles. The lowest BCUT2D eigenvalue weighted by Crippen LogP contribution is -2.06. The molecule has 22 heavy (non-hydrogen) atoms. The fourth-order valence-corrected chi connectivity index (χ4v) is 2.08. The van der Waals surface area contributed by atoms with E-state index in [0.717, 1.165) is 30.9 Å². The van der Waals surface area contributed by atoms with Gasteiger partial charge in [-0.25, -0.2) is 9.97 Å². The largest absolute Gasteiger partial charge is 0.370 e. The van der Waals surface area contributed by atoms with E-state index in [1.807, 2.05) is 31.2 Å². The highest BCUT2D eigenvalue weighted by molar-refractivity contribution is 5.95. The zero-order valence-electron chi connectivity index (χ0n) is 13.3. The SMILES string of the molecule is CCCCNc1cc(Nc2cccc(C(C)=O)c2)nc(C)n1. The summed E-state index contributed by atoms with van der Waals surface area (Å²) in [5.74, 6) is 2.27. The maximum absolute atomic E-state index is 11.4. The minimum absolute atomic E-state index is 0.0458. The van der Waals surface area contributed by atoms with Gasteiger partial charge in [0.15, 0.2) is 5.78 Å². The van der Waals surface area contributed by atoms with Crippen molar-refractivity contribution in [1.82, 2.24) is 9.97 Å². The van der Waals surface area contributed by atoms with Crippen LogP contribution in [0.15, 0.2) is 30.3 Å². The predicted octanol–water partition coefficient (Wildman–Crippen LogP) is 3.94. The average Bonchev–Trinajstić information content (AvgIpc) is 2.47. The van der Waals surface area contributed by atoms with Crippen molar-refractivity contribution >= 4 is 23.1 Å². The summed E-state index contributed by atoms with van der Waals surface area (Å²) in [6, 6.07) is 9.27. The van der Waals surface area contributed by atoms with Gasteiger partial charge in [0, 0.05) is 23.9 Å². The lowest BCUT2D eigenvalue weighted by Gasteiger charge is -2.10. The first-order valence-corrected chi connectivity index (χ1v) is 7.56. The van der Waals surface area contributed by atoms with Crippen LogP contribution in [0.1, 0.15) is 42.9 Å². The van der Waals surface area contributed by atoms with Crippen LogP contribution in [-0.4, -0.2) is 22.3 Å². The monoisotopic (exact) mass is 298 g/mol. The molecule has 5 heteroatoms. The number of anilines is 3. The molecule has 116 valence electrons. The Balaban J connectivity index is 2.15. The zero-order valence-corrected chi connectivity index (χ0v) is 13.3. The molecule has 1 aromatic carbocycles. The van der Waals surface area contributed by atoms with Crippen molar-refractivity contribution in [2.45, 2.75) is 33.6 Å².